The van der Waals surface area contributed by atoms with Crippen molar-refractivity contribution < 1.29 is 19.5 Å². The van der Waals surface area contributed by atoms with Gasteiger partial charge in [0.2, 0.25) is 17.7 Å². The van der Waals surface area contributed by atoms with Crippen molar-refractivity contribution in [3.8, 4) is 0 Å². The van der Waals surface area contributed by atoms with Crippen molar-refractivity contribution in [2.75, 3.05) is 11.9 Å². The minimum absolute atomic E-state index is 0.0321. The third kappa shape index (κ3) is 5.59. The number of benzene rings is 1. The van der Waals surface area contributed by atoms with E-state index in [9.17, 15) is 19.5 Å². The van der Waals surface area contributed by atoms with Crippen molar-refractivity contribution in [1.29, 1.82) is 0 Å². The predicted molar refractivity (Wildman–Crippen MR) is 134 cm³/mol. The summed E-state index contributed by atoms with van der Waals surface area (Å²) >= 11 is 0. The number of carbonyl (C=O) groups is 3. The molecule has 3 N–H and O–H groups in total. The van der Waals surface area contributed by atoms with Crippen LogP contribution in [-0.2, 0) is 14.4 Å². The number of nitrogens with one attached hydrogen (secondary N) is 2. The van der Waals surface area contributed by atoms with Crippen LogP contribution in [0.25, 0.3) is 0 Å². The van der Waals surface area contributed by atoms with Gasteiger partial charge in [0.05, 0.1) is 11.8 Å². The van der Waals surface area contributed by atoms with Gasteiger partial charge in [-0.3, -0.25) is 14.4 Å². The maximum atomic E-state index is 13.9. The summed E-state index contributed by atoms with van der Waals surface area (Å²) in [6, 6.07) is 7.36. The van der Waals surface area contributed by atoms with Gasteiger partial charge in [-0.25, -0.2) is 4.68 Å². The predicted octanol–water partition coefficient (Wildman–Crippen LogP) is 2.24. The second-order valence-electron chi connectivity index (χ2n) is 11.5. The Labute approximate surface area is 211 Å². The molecule has 2 aliphatic rings. The Kier molecular flexibility index (Phi) is 6.92. The second kappa shape index (κ2) is 9.65. The van der Waals surface area contributed by atoms with Crippen LogP contribution in [0.15, 0.2) is 36.5 Å². The molecule has 1 saturated heterocycles. The number of aromatic nitrogens is 3. The smallest absolute Gasteiger partial charge is 0.249 e. The van der Waals surface area contributed by atoms with Gasteiger partial charge in [-0.1, -0.05) is 44.2 Å². The van der Waals surface area contributed by atoms with Gasteiger partial charge in [-0.05, 0) is 44.2 Å². The number of likely N-dealkylation sites (tertiary alicyclic amines) is 1. The van der Waals surface area contributed by atoms with E-state index in [-0.39, 0.29) is 24.8 Å². The Morgan fingerprint density at radius 1 is 1.08 bits per heavy atom. The highest BCUT2D eigenvalue weighted by Crippen LogP contribution is 2.40. The van der Waals surface area contributed by atoms with Crippen LogP contribution >= 0.6 is 0 Å². The maximum Gasteiger partial charge on any atom is 0.249 e. The van der Waals surface area contributed by atoms with Gasteiger partial charge < -0.3 is 20.6 Å². The van der Waals surface area contributed by atoms with Crippen LogP contribution in [0.5, 0.6) is 0 Å². The molecule has 3 atom stereocenters. The average molecular weight is 497 g/mol. The first-order valence-electron chi connectivity index (χ1n) is 12.5. The van der Waals surface area contributed by atoms with Crippen LogP contribution in [0.3, 0.4) is 0 Å². The molecule has 36 heavy (non-hydrogen) atoms. The largest absolute Gasteiger partial charge is 0.391 e. The number of para-hydroxylation sites is 1. The Bertz CT molecular complexity index is 1120. The number of amides is 3. The number of rotatable bonds is 7. The summed E-state index contributed by atoms with van der Waals surface area (Å²) in [5.41, 5.74) is -0.276. The standard InChI is InChI=1S/C26H36N6O4/c1-25(2,3)21(32-15-19(29-30-32)16-11-12-16)23(35)31-14-18(33)13-20(31)22(34)28-26(4,5)24(36)27-17-9-7-6-8-10-17/h6-10,15-16,18,20-21,33H,11-14H2,1-5H3,(H,27,36)(H,28,34)/t18?,20?,21-/m1/s1. The molecule has 2 heterocycles. The van der Waals surface area contributed by atoms with Gasteiger partial charge in [0, 0.05) is 30.8 Å². The number of β-amino-alcohol motifs (C(OH)–C–C–N with tert-alkyl or cyclic N) is 1. The molecule has 2 fully saturated rings. The molecule has 194 valence electrons. The second-order valence-corrected chi connectivity index (χ2v) is 11.5. The lowest BCUT2D eigenvalue weighted by Crippen LogP contribution is -2.58. The molecule has 1 aromatic heterocycles. The molecule has 1 saturated carbocycles. The van der Waals surface area contributed by atoms with Gasteiger partial charge in [0.15, 0.2) is 0 Å². The maximum absolute atomic E-state index is 13.9. The molecule has 3 amide bonds. The fourth-order valence-electron chi connectivity index (χ4n) is 4.58. The lowest BCUT2D eigenvalue weighted by Gasteiger charge is -2.35. The number of carbonyl (C=O) groups excluding carboxylic acids is 3. The Morgan fingerprint density at radius 2 is 1.75 bits per heavy atom. The van der Waals surface area contributed by atoms with Crippen molar-refractivity contribution in [1.82, 2.24) is 25.2 Å². The monoisotopic (exact) mass is 496 g/mol. The highest BCUT2D eigenvalue weighted by molar-refractivity contribution is 6.01. The van der Waals surface area contributed by atoms with E-state index in [4.69, 9.17) is 0 Å². The molecule has 1 aromatic carbocycles. The number of hydrogen-bond donors (Lipinski definition) is 3. The van der Waals surface area contributed by atoms with Crippen LogP contribution < -0.4 is 10.6 Å². The van der Waals surface area contributed by atoms with E-state index >= 15 is 0 Å². The van der Waals surface area contributed by atoms with Crippen LogP contribution in [0.2, 0.25) is 0 Å². The zero-order valence-corrected chi connectivity index (χ0v) is 21.6. The Balaban J connectivity index is 1.51. The normalized spacial score (nSPS) is 21.2. The van der Waals surface area contributed by atoms with Gasteiger partial charge in [-0.2, -0.15) is 0 Å². The van der Waals surface area contributed by atoms with E-state index < -0.39 is 35.0 Å². The van der Waals surface area contributed by atoms with E-state index in [1.165, 1.54) is 4.90 Å². The zero-order valence-electron chi connectivity index (χ0n) is 21.6. The molecule has 10 heteroatoms. The number of aliphatic hydroxyl groups is 1. The van der Waals surface area contributed by atoms with E-state index in [1.807, 2.05) is 33.0 Å². The highest BCUT2D eigenvalue weighted by atomic mass is 16.3. The molecule has 0 bridgehead atoms. The van der Waals surface area contributed by atoms with Gasteiger partial charge in [0.1, 0.15) is 17.6 Å². The number of hydrogen-bond acceptors (Lipinski definition) is 6. The topological polar surface area (TPSA) is 129 Å². The van der Waals surface area contributed by atoms with Gasteiger partial charge in [0.25, 0.3) is 0 Å². The summed E-state index contributed by atoms with van der Waals surface area (Å²) in [4.78, 5) is 41.5. The molecular formula is C26H36N6O4. The third-order valence-corrected chi connectivity index (χ3v) is 6.74. The van der Waals surface area contributed by atoms with Crippen molar-refractivity contribution >= 4 is 23.4 Å². The fourth-order valence-corrected chi connectivity index (χ4v) is 4.58. The van der Waals surface area contributed by atoms with Crippen molar-refractivity contribution in [2.45, 2.75) is 83.5 Å². The molecule has 0 spiro atoms. The summed E-state index contributed by atoms with van der Waals surface area (Å²) in [7, 11) is 0. The quantitative estimate of drug-likeness (QED) is 0.539. The van der Waals surface area contributed by atoms with E-state index in [2.05, 4.69) is 20.9 Å². The summed E-state index contributed by atoms with van der Waals surface area (Å²) in [5.74, 6) is -0.789. The summed E-state index contributed by atoms with van der Waals surface area (Å²) in [6.45, 7) is 9.05. The van der Waals surface area contributed by atoms with Crippen molar-refractivity contribution in [2.24, 2.45) is 5.41 Å². The molecule has 2 unspecified atom stereocenters. The molecule has 2 aromatic rings. The Morgan fingerprint density at radius 3 is 2.36 bits per heavy atom. The lowest BCUT2D eigenvalue weighted by atomic mass is 9.85. The average Bonchev–Trinajstić information content (AvgIpc) is 3.40. The molecule has 1 aliphatic heterocycles. The number of aliphatic hydroxyl groups excluding tert-OH is 1. The first-order valence-corrected chi connectivity index (χ1v) is 12.5. The van der Waals surface area contributed by atoms with Gasteiger partial charge in [-0.15, -0.1) is 5.10 Å². The number of nitrogens with zero attached hydrogens (tertiary/aromatic N) is 4. The molecule has 1 aliphatic carbocycles. The Hall–Kier alpha value is -3.27. The molecule has 0 radical (unpaired) electrons. The SMILES string of the molecule is CC(C)(NC(=O)C1CC(O)CN1C(=O)[C@@H](n1cc(C2CC2)nn1)C(C)(C)C)C(=O)Nc1ccccc1. The minimum Gasteiger partial charge on any atom is -0.391 e. The van der Waals surface area contributed by atoms with Crippen LogP contribution in [0.4, 0.5) is 5.69 Å². The van der Waals surface area contributed by atoms with Crippen molar-refractivity contribution in [3.05, 3.63) is 42.2 Å². The molecular weight excluding hydrogens is 460 g/mol. The van der Waals surface area contributed by atoms with E-state index in [0.29, 0.717) is 11.6 Å². The first-order chi connectivity index (χ1) is 16.9. The highest BCUT2D eigenvalue weighted by Gasteiger charge is 2.46. The van der Waals surface area contributed by atoms with Gasteiger partial charge >= 0.3 is 0 Å². The molecule has 4 rings (SSSR count). The summed E-state index contributed by atoms with van der Waals surface area (Å²) < 4.78 is 1.59. The lowest BCUT2D eigenvalue weighted by molar-refractivity contribution is -0.145. The van der Waals surface area contributed by atoms with Crippen LogP contribution in [0, 0.1) is 5.41 Å². The van der Waals surface area contributed by atoms with E-state index in [1.54, 1.807) is 42.8 Å². The zero-order chi connectivity index (χ0) is 26.3. The van der Waals surface area contributed by atoms with Crippen molar-refractivity contribution in [3.63, 3.8) is 0 Å². The summed E-state index contributed by atoms with van der Waals surface area (Å²) in [6.07, 6.45) is 3.21. The van der Waals surface area contributed by atoms with Crippen LogP contribution in [-0.4, -0.2) is 67.0 Å². The van der Waals surface area contributed by atoms with Crippen LogP contribution in [0.1, 0.15) is 71.5 Å². The third-order valence-electron chi connectivity index (χ3n) is 6.74. The minimum atomic E-state index is -1.25. The van der Waals surface area contributed by atoms with E-state index in [0.717, 1.165) is 18.5 Å². The first kappa shape index (κ1) is 25.8. The fraction of sp³-hybridized carbons (Fsp3) is 0.577. The molecule has 10 nitrogen and oxygen atoms in total. The number of anilines is 1. The summed E-state index contributed by atoms with van der Waals surface area (Å²) in [5, 5.41) is 24.5.